The van der Waals surface area contributed by atoms with Crippen LogP contribution in [0.1, 0.15) is 24.2 Å². The molecule has 134 valence electrons. The van der Waals surface area contributed by atoms with Crippen molar-refractivity contribution in [3.63, 3.8) is 0 Å². The van der Waals surface area contributed by atoms with Crippen LogP contribution in [0.2, 0.25) is 0 Å². The quantitative estimate of drug-likeness (QED) is 0.763. The van der Waals surface area contributed by atoms with Gasteiger partial charge in [0.15, 0.2) is 5.82 Å². The van der Waals surface area contributed by atoms with Crippen molar-refractivity contribution in [2.45, 2.75) is 32.4 Å². The lowest BCUT2D eigenvalue weighted by Crippen LogP contribution is -2.45. The molecule has 3 aromatic rings. The van der Waals surface area contributed by atoms with Crippen molar-refractivity contribution in [2.24, 2.45) is 0 Å². The Labute approximate surface area is 153 Å². The molecule has 6 heteroatoms. The van der Waals surface area contributed by atoms with E-state index < -0.39 is 0 Å². The number of anilines is 1. The van der Waals surface area contributed by atoms with Crippen molar-refractivity contribution in [1.29, 1.82) is 0 Å². The van der Waals surface area contributed by atoms with Crippen molar-refractivity contribution >= 4 is 5.82 Å². The molecule has 1 aliphatic rings. The van der Waals surface area contributed by atoms with Gasteiger partial charge in [0.25, 0.3) is 0 Å². The lowest BCUT2D eigenvalue weighted by Gasteiger charge is -2.33. The molecule has 4 rings (SSSR count). The van der Waals surface area contributed by atoms with Crippen LogP contribution in [0.3, 0.4) is 0 Å². The first-order valence-electron chi connectivity index (χ1n) is 9.06. The highest BCUT2D eigenvalue weighted by Crippen LogP contribution is 2.19. The maximum Gasteiger partial charge on any atom is 0.226 e. The number of aryl methyl sites for hydroxylation is 1. The van der Waals surface area contributed by atoms with Crippen LogP contribution in [0.25, 0.3) is 11.5 Å². The minimum Gasteiger partial charge on any atom is -0.444 e. The van der Waals surface area contributed by atoms with E-state index in [0.717, 1.165) is 48.7 Å². The highest BCUT2D eigenvalue weighted by molar-refractivity contribution is 5.52. The van der Waals surface area contributed by atoms with Crippen molar-refractivity contribution in [1.82, 2.24) is 20.5 Å². The number of nitrogens with one attached hydrogen (secondary N) is 1. The van der Waals surface area contributed by atoms with Gasteiger partial charge in [0.05, 0.1) is 11.4 Å². The molecule has 26 heavy (non-hydrogen) atoms. The average molecular weight is 349 g/mol. The summed E-state index contributed by atoms with van der Waals surface area (Å²) < 4.78 is 5.61. The molecule has 0 bridgehead atoms. The number of benzene rings is 1. The monoisotopic (exact) mass is 349 g/mol. The predicted molar refractivity (Wildman–Crippen MR) is 101 cm³/mol. The molecule has 0 spiro atoms. The van der Waals surface area contributed by atoms with Gasteiger partial charge >= 0.3 is 0 Å². The molecule has 1 aromatic carbocycles. The third-order valence-corrected chi connectivity index (χ3v) is 4.67. The number of oxazole rings is 1. The number of aromatic nitrogens is 3. The zero-order chi connectivity index (χ0) is 17.8. The molecule has 1 saturated heterocycles. The summed E-state index contributed by atoms with van der Waals surface area (Å²) in [5.74, 6) is 1.62. The first-order valence-corrected chi connectivity index (χ1v) is 9.06. The summed E-state index contributed by atoms with van der Waals surface area (Å²) >= 11 is 0. The van der Waals surface area contributed by atoms with Crippen LogP contribution in [-0.4, -0.2) is 34.3 Å². The first-order chi connectivity index (χ1) is 12.8. The summed E-state index contributed by atoms with van der Waals surface area (Å²) in [4.78, 5) is 6.88. The Hall–Kier alpha value is -2.73. The van der Waals surface area contributed by atoms with E-state index in [1.54, 1.807) is 6.26 Å². The number of nitrogens with zero attached hydrogens (tertiary/aromatic N) is 4. The van der Waals surface area contributed by atoms with Gasteiger partial charge < -0.3 is 14.6 Å². The summed E-state index contributed by atoms with van der Waals surface area (Å²) in [6.45, 7) is 4.62. The average Bonchev–Trinajstić information content (AvgIpc) is 3.17. The number of rotatable bonds is 5. The molecule has 1 aliphatic heterocycles. The molecular formula is C20H23N5O. The van der Waals surface area contributed by atoms with Crippen LogP contribution in [-0.2, 0) is 6.54 Å². The maximum absolute atomic E-state index is 5.61. The SMILES string of the molecule is Cc1ccc(N2CCCC(NCc3coc(-c4ccccc4)n3)C2)nn1. The van der Waals surface area contributed by atoms with Gasteiger partial charge in [-0.15, -0.1) is 5.10 Å². The Morgan fingerprint density at radius 1 is 1.15 bits per heavy atom. The maximum atomic E-state index is 5.61. The Kier molecular flexibility index (Phi) is 4.93. The zero-order valence-corrected chi connectivity index (χ0v) is 14.9. The van der Waals surface area contributed by atoms with Crippen LogP contribution >= 0.6 is 0 Å². The lowest BCUT2D eigenvalue weighted by molar-refractivity contribution is 0.417. The fraction of sp³-hybridized carbons (Fsp3) is 0.350. The standard InChI is InChI=1S/C20H23N5O/c1-15-9-10-19(24-23-15)25-11-5-8-17(13-25)21-12-18-14-26-20(22-18)16-6-3-2-4-7-16/h2-4,6-7,9-10,14,17,21H,5,8,11-13H2,1H3. The fourth-order valence-corrected chi connectivity index (χ4v) is 3.26. The summed E-state index contributed by atoms with van der Waals surface area (Å²) in [5, 5.41) is 12.1. The van der Waals surface area contributed by atoms with Crippen molar-refractivity contribution in [3.8, 4) is 11.5 Å². The second-order valence-electron chi connectivity index (χ2n) is 6.71. The van der Waals surface area contributed by atoms with Gasteiger partial charge in [0.2, 0.25) is 5.89 Å². The van der Waals surface area contributed by atoms with E-state index >= 15 is 0 Å². The number of hydrogen-bond acceptors (Lipinski definition) is 6. The van der Waals surface area contributed by atoms with Crippen LogP contribution in [0.4, 0.5) is 5.82 Å². The smallest absolute Gasteiger partial charge is 0.226 e. The van der Waals surface area contributed by atoms with E-state index in [1.165, 1.54) is 0 Å². The Balaban J connectivity index is 1.34. The van der Waals surface area contributed by atoms with E-state index in [4.69, 9.17) is 4.42 Å². The molecule has 0 radical (unpaired) electrons. The van der Waals surface area contributed by atoms with Gasteiger partial charge in [-0.3, -0.25) is 0 Å². The van der Waals surface area contributed by atoms with Crippen LogP contribution < -0.4 is 10.2 Å². The highest BCUT2D eigenvalue weighted by Gasteiger charge is 2.21. The third kappa shape index (κ3) is 3.91. The molecule has 0 aliphatic carbocycles. The minimum absolute atomic E-state index is 0.406. The van der Waals surface area contributed by atoms with Gasteiger partial charge in [-0.1, -0.05) is 18.2 Å². The summed E-state index contributed by atoms with van der Waals surface area (Å²) in [5.41, 5.74) is 2.87. The van der Waals surface area contributed by atoms with Crippen molar-refractivity contribution in [3.05, 3.63) is 60.1 Å². The number of hydrogen-bond donors (Lipinski definition) is 1. The van der Waals surface area contributed by atoms with Gasteiger partial charge in [-0.25, -0.2) is 4.98 Å². The van der Waals surface area contributed by atoms with Crippen LogP contribution in [0.15, 0.2) is 53.1 Å². The predicted octanol–water partition coefficient (Wildman–Crippen LogP) is 3.20. The molecule has 2 aromatic heterocycles. The minimum atomic E-state index is 0.406. The molecule has 1 atom stereocenters. The Bertz CT molecular complexity index is 831. The number of piperidine rings is 1. The zero-order valence-electron chi connectivity index (χ0n) is 14.9. The molecule has 0 amide bonds. The van der Waals surface area contributed by atoms with Gasteiger partial charge in [0, 0.05) is 31.2 Å². The van der Waals surface area contributed by atoms with E-state index in [1.807, 2.05) is 43.3 Å². The normalized spacial score (nSPS) is 17.4. The molecule has 1 N–H and O–H groups in total. The molecule has 6 nitrogen and oxygen atoms in total. The van der Waals surface area contributed by atoms with Gasteiger partial charge in [-0.05, 0) is 44.0 Å². The third-order valence-electron chi connectivity index (χ3n) is 4.67. The first kappa shape index (κ1) is 16.7. The molecule has 0 saturated carbocycles. The second-order valence-corrected chi connectivity index (χ2v) is 6.71. The molecule has 1 fully saturated rings. The molecule has 1 unspecified atom stereocenters. The van der Waals surface area contributed by atoms with E-state index in [9.17, 15) is 0 Å². The van der Waals surface area contributed by atoms with Crippen LogP contribution in [0, 0.1) is 6.92 Å². The topological polar surface area (TPSA) is 67.1 Å². The summed E-state index contributed by atoms with van der Waals surface area (Å²) in [6.07, 6.45) is 4.03. The lowest BCUT2D eigenvalue weighted by atomic mass is 10.1. The summed E-state index contributed by atoms with van der Waals surface area (Å²) in [7, 11) is 0. The van der Waals surface area contributed by atoms with E-state index in [-0.39, 0.29) is 0 Å². The van der Waals surface area contributed by atoms with Crippen molar-refractivity contribution in [2.75, 3.05) is 18.0 Å². The highest BCUT2D eigenvalue weighted by atomic mass is 16.3. The van der Waals surface area contributed by atoms with Crippen LogP contribution in [0.5, 0.6) is 0 Å². The van der Waals surface area contributed by atoms with Crippen molar-refractivity contribution < 1.29 is 4.42 Å². The fourth-order valence-electron chi connectivity index (χ4n) is 3.26. The van der Waals surface area contributed by atoms with E-state index in [2.05, 4.69) is 31.5 Å². The van der Waals surface area contributed by atoms with Gasteiger partial charge in [-0.2, -0.15) is 5.10 Å². The van der Waals surface area contributed by atoms with Gasteiger partial charge in [0.1, 0.15) is 6.26 Å². The molecular weight excluding hydrogens is 326 g/mol. The molecule has 3 heterocycles. The Morgan fingerprint density at radius 2 is 2.04 bits per heavy atom. The largest absolute Gasteiger partial charge is 0.444 e. The Morgan fingerprint density at radius 3 is 2.85 bits per heavy atom. The summed E-state index contributed by atoms with van der Waals surface area (Å²) in [6, 6.07) is 14.4. The van der Waals surface area contributed by atoms with E-state index in [0.29, 0.717) is 18.5 Å². The second kappa shape index (κ2) is 7.66.